The predicted octanol–water partition coefficient (Wildman–Crippen LogP) is -0.728. The van der Waals surface area contributed by atoms with Crippen molar-refractivity contribution in [2.75, 3.05) is 32.7 Å². The second-order valence-corrected chi connectivity index (χ2v) is 3.12. The molecule has 0 aromatic rings. The first-order valence-corrected chi connectivity index (χ1v) is 4.44. The van der Waals surface area contributed by atoms with Gasteiger partial charge in [-0.1, -0.05) is 0 Å². The van der Waals surface area contributed by atoms with Gasteiger partial charge in [0.25, 0.3) is 0 Å². The first-order chi connectivity index (χ1) is 6.24. The number of amides is 2. The topological polar surface area (TPSA) is 66.6 Å². The summed E-state index contributed by atoms with van der Waals surface area (Å²) in [5.74, 6) is 0. The van der Waals surface area contributed by atoms with E-state index in [1.807, 2.05) is 0 Å². The highest BCUT2D eigenvalue weighted by molar-refractivity contribution is 5.72. The number of hydrogen-bond donors (Lipinski definition) is 1. The first kappa shape index (κ1) is 9.98. The van der Waals surface area contributed by atoms with Gasteiger partial charge in [-0.3, -0.25) is 4.90 Å². The van der Waals surface area contributed by atoms with Crippen molar-refractivity contribution < 1.29 is 9.59 Å². The molecule has 0 aliphatic carbocycles. The number of primary amides is 1. The van der Waals surface area contributed by atoms with E-state index in [1.165, 1.54) is 0 Å². The van der Waals surface area contributed by atoms with E-state index in [9.17, 15) is 9.59 Å². The van der Waals surface area contributed by atoms with Crippen LogP contribution in [-0.4, -0.2) is 54.8 Å². The molecule has 2 amide bonds. The smallest absolute Gasteiger partial charge is 0.314 e. The van der Waals surface area contributed by atoms with E-state index >= 15 is 0 Å². The zero-order valence-electron chi connectivity index (χ0n) is 7.61. The normalized spacial score (nSPS) is 18.6. The minimum atomic E-state index is -0.352. The van der Waals surface area contributed by atoms with Gasteiger partial charge in [0.2, 0.25) is 0 Å². The number of urea groups is 1. The first-order valence-electron chi connectivity index (χ1n) is 4.44. The number of carbonyl (C=O) groups is 2. The van der Waals surface area contributed by atoms with Crippen molar-refractivity contribution in [1.82, 2.24) is 9.80 Å². The minimum Gasteiger partial charge on any atom is -0.351 e. The van der Waals surface area contributed by atoms with Crippen molar-refractivity contribution in [3.05, 3.63) is 0 Å². The van der Waals surface area contributed by atoms with Gasteiger partial charge in [0.1, 0.15) is 6.29 Å². The van der Waals surface area contributed by atoms with Crippen molar-refractivity contribution in [2.24, 2.45) is 5.73 Å². The molecule has 0 aromatic heterocycles. The van der Waals surface area contributed by atoms with Crippen molar-refractivity contribution in [3.8, 4) is 0 Å². The summed E-state index contributed by atoms with van der Waals surface area (Å²) >= 11 is 0. The van der Waals surface area contributed by atoms with Crippen LogP contribution in [0.15, 0.2) is 0 Å². The minimum absolute atomic E-state index is 0.352. The van der Waals surface area contributed by atoms with E-state index in [2.05, 4.69) is 4.90 Å². The van der Waals surface area contributed by atoms with Gasteiger partial charge in [0, 0.05) is 39.1 Å². The standard InChI is InChI=1S/C8H15N3O2/c9-8(13)11-5-3-10(4-6-11)2-1-7-12/h7H,1-6H2,(H2,9,13). The highest BCUT2D eigenvalue weighted by Gasteiger charge is 2.18. The highest BCUT2D eigenvalue weighted by Crippen LogP contribution is 2.00. The van der Waals surface area contributed by atoms with Crippen LogP contribution in [0, 0.1) is 0 Å². The Hall–Kier alpha value is -1.10. The molecule has 0 radical (unpaired) electrons. The van der Waals surface area contributed by atoms with Gasteiger partial charge in [-0.25, -0.2) is 4.79 Å². The maximum Gasteiger partial charge on any atom is 0.314 e. The number of nitrogens with two attached hydrogens (primary N) is 1. The molecule has 0 bridgehead atoms. The third-order valence-electron chi connectivity index (χ3n) is 2.25. The average Bonchev–Trinajstić information content (AvgIpc) is 2.15. The Bertz CT molecular complexity index is 188. The number of piperazine rings is 1. The quantitative estimate of drug-likeness (QED) is 0.589. The van der Waals surface area contributed by atoms with E-state index in [0.29, 0.717) is 19.5 Å². The van der Waals surface area contributed by atoms with Gasteiger partial charge >= 0.3 is 6.03 Å². The van der Waals surface area contributed by atoms with Crippen LogP contribution >= 0.6 is 0 Å². The molecule has 5 nitrogen and oxygen atoms in total. The number of carbonyl (C=O) groups excluding carboxylic acids is 2. The molecule has 0 saturated carbocycles. The molecule has 74 valence electrons. The summed E-state index contributed by atoms with van der Waals surface area (Å²) in [7, 11) is 0. The lowest BCUT2D eigenvalue weighted by Gasteiger charge is -2.33. The predicted molar refractivity (Wildman–Crippen MR) is 48.3 cm³/mol. The third kappa shape index (κ3) is 3.02. The Morgan fingerprint density at radius 2 is 1.92 bits per heavy atom. The number of nitrogens with zero attached hydrogens (tertiary/aromatic N) is 2. The Labute approximate surface area is 77.5 Å². The average molecular weight is 185 g/mol. The summed E-state index contributed by atoms with van der Waals surface area (Å²) in [6.07, 6.45) is 1.48. The second kappa shape index (κ2) is 4.81. The molecule has 5 heteroatoms. The van der Waals surface area contributed by atoms with Crippen LogP contribution in [0.4, 0.5) is 4.79 Å². The molecule has 1 rings (SSSR count). The highest BCUT2D eigenvalue weighted by atomic mass is 16.2. The fraction of sp³-hybridized carbons (Fsp3) is 0.750. The van der Waals surface area contributed by atoms with Crippen LogP contribution in [0.5, 0.6) is 0 Å². The molecular weight excluding hydrogens is 170 g/mol. The number of hydrogen-bond acceptors (Lipinski definition) is 3. The van der Waals surface area contributed by atoms with Crippen molar-refractivity contribution in [2.45, 2.75) is 6.42 Å². The monoisotopic (exact) mass is 185 g/mol. The van der Waals surface area contributed by atoms with Gasteiger partial charge in [0.15, 0.2) is 0 Å². The van der Waals surface area contributed by atoms with Crippen LogP contribution < -0.4 is 5.73 Å². The summed E-state index contributed by atoms with van der Waals surface area (Å²) in [6.45, 7) is 3.77. The third-order valence-corrected chi connectivity index (χ3v) is 2.25. The van der Waals surface area contributed by atoms with Gasteiger partial charge in [-0.05, 0) is 0 Å². The van der Waals surface area contributed by atoms with Gasteiger partial charge in [-0.15, -0.1) is 0 Å². The van der Waals surface area contributed by atoms with Gasteiger partial charge < -0.3 is 15.4 Å². The van der Waals surface area contributed by atoms with E-state index < -0.39 is 0 Å². The summed E-state index contributed by atoms with van der Waals surface area (Å²) in [5.41, 5.74) is 5.13. The number of rotatable bonds is 3. The van der Waals surface area contributed by atoms with Crippen LogP contribution in [0.1, 0.15) is 6.42 Å². The molecule has 1 aliphatic rings. The lowest BCUT2D eigenvalue weighted by Crippen LogP contribution is -2.50. The maximum absolute atomic E-state index is 10.7. The molecule has 0 unspecified atom stereocenters. The molecule has 0 aromatic carbocycles. The molecule has 1 saturated heterocycles. The maximum atomic E-state index is 10.7. The number of aldehydes is 1. The van der Waals surface area contributed by atoms with E-state index in [-0.39, 0.29) is 6.03 Å². The fourth-order valence-corrected chi connectivity index (χ4v) is 1.43. The van der Waals surface area contributed by atoms with Gasteiger partial charge in [0.05, 0.1) is 0 Å². The second-order valence-electron chi connectivity index (χ2n) is 3.12. The Morgan fingerprint density at radius 3 is 2.38 bits per heavy atom. The molecule has 1 fully saturated rings. The lowest BCUT2D eigenvalue weighted by molar-refractivity contribution is -0.108. The molecule has 0 atom stereocenters. The van der Waals surface area contributed by atoms with Crippen molar-refractivity contribution in [3.63, 3.8) is 0 Å². The molecule has 13 heavy (non-hydrogen) atoms. The van der Waals surface area contributed by atoms with E-state index in [4.69, 9.17) is 5.73 Å². The molecule has 1 aliphatic heterocycles. The SMILES string of the molecule is NC(=O)N1CCN(CCC=O)CC1. The Morgan fingerprint density at radius 1 is 1.31 bits per heavy atom. The Kier molecular flexibility index (Phi) is 3.70. The summed E-state index contributed by atoms with van der Waals surface area (Å²) in [5, 5.41) is 0. The van der Waals surface area contributed by atoms with Crippen LogP contribution in [0.25, 0.3) is 0 Å². The lowest BCUT2D eigenvalue weighted by atomic mass is 10.3. The van der Waals surface area contributed by atoms with Crippen molar-refractivity contribution >= 4 is 12.3 Å². The molecular formula is C8H15N3O2. The summed E-state index contributed by atoms with van der Waals surface area (Å²) in [6, 6.07) is -0.352. The van der Waals surface area contributed by atoms with Crippen LogP contribution in [0.3, 0.4) is 0 Å². The van der Waals surface area contributed by atoms with Gasteiger partial charge in [-0.2, -0.15) is 0 Å². The van der Waals surface area contributed by atoms with Crippen molar-refractivity contribution in [1.29, 1.82) is 0 Å². The molecule has 1 heterocycles. The molecule has 2 N–H and O–H groups in total. The Balaban J connectivity index is 2.22. The van der Waals surface area contributed by atoms with Crippen LogP contribution in [0.2, 0.25) is 0 Å². The largest absolute Gasteiger partial charge is 0.351 e. The fourth-order valence-electron chi connectivity index (χ4n) is 1.43. The zero-order valence-corrected chi connectivity index (χ0v) is 7.61. The summed E-state index contributed by atoms with van der Waals surface area (Å²) < 4.78 is 0. The van der Waals surface area contributed by atoms with Crippen LogP contribution in [-0.2, 0) is 4.79 Å². The summed E-state index contributed by atoms with van der Waals surface area (Å²) in [4.78, 5) is 24.6. The van der Waals surface area contributed by atoms with E-state index in [0.717, 1.165) is 25.9 Å². The molecule has 0 spiro atoms. The van der Waals surface area contributed by atoms with E-state index in [1.54, 1.807) is 4.90 Å². The zero-order chi connectivity index (χ0) is 9.68.